The first kappa shape index (κ1) is 10.3. The van der Waals surface area contributed by atoms with E-state index in [1.807, 2.05) is 22.6 Å². The van der Waals surface area contributed by atoms with E-state index in [4.69, 9.17) is 16.7 Å². The van der Waals surface area contributed by atoms with Crippen LogP contribution in [0, 0.1) is 3.57 Å². The van der Waals surface area contributed by atoms with Gasteiger partial charge in [-0.25, -0.2) is 4.79 Å². The van der Waals surface area contributed by atoms with Crippen molar-refractivity contribution in [3.8, 4) is 0 Å². The predicted molar refractivity (Wildman–Crippen MR) is 58.8 cm³/mol. The summed E-state index contributed by atoms with van der Waals surface area (Å²) < 4.78 is 1.23. The second kappa shape index (κ2) is 3.93. The molecule has 0 saturated heterocycles. The van der Waals surface area contributed by atoms with Crippen LogP contribution < -0.4 is 0 Å². The highest BCUT2D eigenvalue weighted by atomic mass is 127. The Morgan fingerprint density at radius 2 is 2.17 bits per heavy atom. The highest BCUT2D eigenvalue weighted by molar-refractivity contribution is 14.1. The largest absolute Gasteiger partial charge is 0.478 e. The summed E-state index contributed by atoms with van der Waals surface area (Å²) in [5, 5.41) is 9.14. The van der Waals surface area contributed by atoms with Crippen LogP contribution in [0.1, 0.15) is 10.4 Å². The van der Waals surface area contributed by atoms with Crippen molar-refractivity contribution < 1.29 is 9.90 Å². The van der Waals surface area contributed by atoms with Crippen molar-refractivity contribution in [2.75, 3.05) is 0 Å². The van der Waals surface area contributed by atoms with Crippen molar-refractivity contribution in [3.63, 3.8) is 0 Å². The number of carboxylic acids is 1. The average molecular weight is 361 g/mol. The summed E-state index contributed by atoms with van der Waals surface area (Å²) >= 11 is 10.9. The lowest BCUT2D eigenvalue weighted by atomic mass is 10.2. The van der Waals surface area contributed by atoms with Crippen LogP contribution in [0.3, 0.4) is 0 Å². The number of halogens is 3. The summed E-state index contributed by atoms with van der Waals surface area (Å²) in [6.45, 7) is 0. The zero-order valence-corrected chi connectivity index (χ0v) is 10.1. The molecule has 0 radical (unpaired) electrons. The van der Waals surface area contributed by atoms with E-state index in [0.717, 1.165) is 3.57 Å². The van der Waals surface area contributed by atoms with Gasteiger partial charge < -0.3 is 5.11 Å². The normalized spacial score (nSPS) is 9.92. The maximum atomic E-state index is 10.6. The maximum Gasteiger partial charge on any atom is 0.336 e. The fourth-order valence-corrected chi connectivity index (χ4v) is 2.14. The molecule has 0 saturated carbocycles. The second-order valence-corrected chi connectivity index (χ2v) is 4.50. The maximum absolute atomic E-state index is 10.6. The Kier molecular flexibility index (Phi) is 3.37. The summed E-state index contributed by atoms with van der Waals surface area (Å²) in [5.74, 6) is -0.984. The number of rotatable bonds is 1. The number of carbonyl (C=O) groups is 1. The molecule has 0 fully saturated rings. The molecular formula is C7H3BrClIO2. The van der Waals surface area contributed by atoms with E-state index in [2.05, 4.69) is 15.9 Å². The van der Waals surface area contributed by atoms with Crippen LogP contribution in [-0.2, 0) is 0 Å². The van der Waals surface area contributed by atoms with Crippen molar-refractivity contribution in [1.29, 1.82) is 0 Å². The van der Waals surface area contributed by atoms with Gasteiger partial charge in [0.05, 0.1) is 15.1 Å². The van der Waals surface area contributed by atoms with Crippen molar-refractivity contribution >= 4 is 56.1 Å². The second-order valence-electron chi connectivity index (χ2n) is 2.05. The summed E-state index contributed by atoms with van der Waals surface area (Å²) in [5.41, 5.74) is 0.187. The van der Waals surface area contributed by atoms with Gasteiger partial charge in [0.1, 0.15) is 0 Å². The highest BCUT2D eigenvalue weighted by Crippen LogP contribution is 2.28. The molecule has 0 spiro atoms. The molecule has 2 nitrogen and oxygen atoms in total. The van der Waals surface area contributed by atoms with Crippen LogP contribution in [0.5, 0.6) is 0 Å². The van der Waals surface area contributed by atoms with Crippen LogP contribution in [0.25, 0.3) is 0 Å². The topological polar surface area (TPSA) is 37.3 Å². The van der Waals surface area contributed by atoms with E-state index in [0.29, 0.717) is 9.50 Å². The predicted octanol–water partition coefficient (Wildman–Crippen LogP) is 3.41. The van der Waals surface area contributed by atoms with Gasteiger partial charge in [-0.15, -0.1) is 0 Å². The Labute approximate surface area is 96.2 Å². The monoisotopic (exact) mass is 360 g/mol. The van der Waals surface area contributed by atoms with Crippen molar-refractivity contribution in [2.45, 2.75) is 0 Å². The number of benzene rings is 1. The highest BCUT2D eigenvalue weighted by Gasteiger charge is 2.11. The lowest BCUT2D eigenvalue weighted by Gasteiger charge is -2.01. The molecule has 1 aromatic rings. The fraction of sp³-hybridized carbons (Fsp3) is 0. The minimum absolute atomic E-state index is 0.187. The molecule has 12 heavy (non-hydrogen) atoms. The van der Waals surface area contributed by atoms with Gasteiger partial charge in [-0.05, 0) is 50.7 Å². The Bertz CT molecular complexity index is 340. The zero-order chi connectivity index (χ0) is 9.30. The van der Waals surface area contributed by atoms with Gasteiger partial charge in [0.15, 0.2) is 0 Å². The molecule has 0 amide bonds. The first-order valence-corrected chi connectivity index (χ1v) is 5.15. The summed E-state index contributed by atoms with van der Waals surface area (Å²) in [6.07, 6.45) is 0. The van der Waals surface area contributed by atoms with Crippen LogP contribution in [-0.4, -0.2) is 11.1 Å². The smallest absolute Gasteiger partial charge is 0.336 e. The molecule has 1 rings (SSSR count). The number of hydrogen-bond acceptors (Lipinski definition) is 1. The van der Waals surface area contributed by atoms with Gasteiger partial charge >= 0.3 is 5.97 Å². The van der Waals surface area contributed by atoms with E-state index < -0.39 is 5.97 Å². The molecule has 0 aromatic heterocycles. The van der Waals surface area contributed by atoms with Crippen LogP contribution in [0.4, 0.5) is 0 Å². The standard InChI is InChI=1S/C7H3BrClIO2/c8-6-4(7(11)12)1-3(10)2-5(6)9/h1-2H,(H,11,12). The Morgan fingerprint density at radius 3 is 2.67 bits per heavy atom. The minimum Gasteiger partial charge on any atom is -0.478 e. The minimum atomic E-state index is -0.984. The Hall–Kier alpha value is 0.190. The lowest BCUT2D eigenvalue weighted by molar-refractivity contribution is 0.0696. The van der Waals surface area contributed by atoms with Gasteiger partial charge in [-0.3, -0.25) is 0 Å². The third-order valence-corrected chi connectivity index (χ3v) is 3.23. The van der Waals surface area contributed by atoms with Crippen LogP contribution >= 0.6 is 50.1 Å². The number of hydrogen-bond donors (Lipinski definition) is 1. The summed E-state index contributed by atoms with van der Waals surface area (Å²) in [6, 6.07) is 3.25. The van der Waals surface area contributed by atoms with Gasteiger partial charge in [-0.2, -0.15) is 0 Å². The average Bonchev–Trinajstić information content (AvgIpc) is 1.96. The van der Waals surface area contributed by atoms with Gasteiger partial charge in [0.25, 0.3) is 0 Å². The zero-order valence-electron chi connectivity index (χ0n) is 5.64. The lowest BCUT2D eigenvalue weighted by Crippen LogP contribution is -1.98. The molecule has 0 aliphatic carbocycles. The van der Waals surface area contributed by atoms with Crippen LogP contribution in [0.15, 0.2) is 16.6 Å². The van der Waals surface area contributed by atoms with Crippen molar-refractivity contribution in [3.05, 3.63) is 30.8 Å². The SMILES string of the molecule is O=C(O)c1cc(I)cc(Cl)c1Br. The van der Waals surface area contributed by atoms with Gasteiger partial charge in [0, 0.05) is 3.57 Å². The molecule has 0 aliphatic rings. The molecule has 0 atom stereocenters. The molecule has 0 aliphatic heterocycles. The van der Waals surface area contributed by atoms with E-state index in [9.17, 15) is 4.79 Å². The van der Waals surface area contributed by atoms with Crippen molar-refractivity contribution in [1.82, 2.24) is 0 Å². The summed E-state index contributed by atoms with van der Waals surface area (Å²) in [7, 11) is 0. The quantitative estimate of drug-likeness (QED) is 0.615. The van der Waals surface area contributed by atoms with E-state index >= 15 is 0 Å². The van der Waals surface area contributed by atoms with Gasteiger partial charge in [-0.1, -0.05) is 11.6 Å². The Morgan fingerprint density at radius 1 is 1.58 bits per heavy atom. The molecule has 64 valence electrons. The first-order valence-electron chi connectivity index (χ1n) is 2.90. The van der Waals surface area contributed by atoms with Crippen molar-refractivity contribution in [2.24, 2.45) is 0 Å². The molecule has 0 bridgehead atoms. The van der Waals surface area contributed by atoms with Crippen LogP contribution in [0.2, 0.25) is 5.02 Å². The number of carboxylic acid groups (broad SMARTS) is 1. The third-order valence-electron chi connectivity index (χ3n) is 1.22. The molecule has 0 unspecified atom stereocenters. The van der Waals surface area contributed by atoms with E-state index in [1.165, 1.54) is 0 Å². The summed E-state index contributed by atoms with van der Waals surface area (Å²) in [4.78, 5) is 10.6. The molecule has 0 heterocycles. The Balaban J connectivity index is 3.37. The number of aromatic carboxylic acids is 1. The molecule has 1 aromatic carbocycles. The third kappa shape index (κ3) is 2.11. The molecular weight excluding hydrogens is 358 g/mol. The fourth-order valence-electron chi connectivity index (χ4n) is 0.712. The molecule has 1 N–H and O–H groups in total. The molecule has 5 heteroatoms. The van der Waals surface area contributed by atoms with E-state index in [1.54, 1.807) is 12.1 Å². The first-order chi connectivity index (χ1) is 5.52. The van der Waals surface area contributed by atoms with Gasteiger partial charge in [0.2, 0.25) is 0 Å². The van der Waals surface area contributed by atoms with E-state index in [-0.39, 0.29) is 5.56 Å².